The van der Waals surface area contributed by atoms with E-state index in [4.69, 9.17) is 27.7 Å². The van der Waals surface area contributed by atoms with Crippen LogP contribution in [0.4, 0.5) is 0 Å². The molecule has 0 fully saturated rings. The Hall–Kier alpha value is -4.63. The molecule has 0 saturated heterocycles. The number of oxazole rings is 1. The number of ether oxygens (including phenoxy) is 3. The summed E-state index contributed by atoms with van der Waals surface area (Å²) in [6, 6.07) is 24.9. The molecule has 0 N–H and O–H groups in total. The van der Waals surface area contributed by atoms with Crippen molar-refractivity contribution >= 4 is 13.7 Å². The lowest BCUT2D eigenvalue weighted by atomic mass is 10.2. The van der Waals surface area contributed by atoms with Gasteiger partial charge >= 0.3 is 7.60 Å². The van der Waals surface area contributed by atoms with Gasteiger partial charge in [-0.15, -0.1) is 5.10 Å². The molecule has 3 aromatic carbocycles. The normalized spacial score (nSPS) is 11.6. The lowest BCUT2D eigenvalue weighted by molar-refractivity contribution is 0.229. The summed E-state index contributed by atoms with van der Waals surface area (Å²) in [7, 11) is -1.84. The molecule has 0 aliphatic carbocycles. The van der Waals surface area contributed by atoms with Crippen LogP contribution in [-0.4, -0.2) is 35.1 Å². The molecule has 5 rings (SSSR count). The Morgan fingerprint density at radius 1 is 0.889 bits per heavy atom. The van der Waals surface area contributed by atoms with Gasteiger partial charge in [0.2, 0.25) is 11.8 Å². The summed E-state index contributed by atoms with van der Waals surface area (Å²) in [4.78, 5) is 4.61. The lowest BCUT2D eigenvalue weighted by Gasteiger charge is -2.13. The highest BCUT2D eigenvalue weighted by atomic mass is 31.2. The van der Waals surface area contributed by atoms with Gasteiger partial charge in [-0.2, -0.15) is 0 Å². The zero-order valence-electron chi connectivity index (χ0n) is 25.7. The number of benzene rings is 3. The zero-order valence-corrected chi connectivity index (χ0v) is 26.6. The third-order valence-corrected chi connectivity index (χ3v) is 8.41. The predicted molar refractivity (Wildman–Crippen MR) is 172 cm³/mol. The van der Waals surface area contributed by atoms with Crippen molar-refractivity contribution in [1.82, 2.24) is 14.8 Å². The third kappa shape index (κ3) is 8.10. The molecule has 0 bridgehead atoms. The molecule has 0 amide bonds. The van der Waals surface area contributed by atoms with Crippen molar-refractivity contribution in [2.75, 3.05) is 20.3 Å². The van der Waals surface area contributed by atoms with Crippen molar-refractivity contribution in [3.8, 4) is 34.5 Å². The molecule has 2 heterocycles. The van der Waals surface area contributed by atoms with Crippen molar-refractivity contribution in [1.29, 1.82) is 0 Å². The van der Waals surface area contributed by atoms with Crippen LogP contribution in [0.25, 0.3) is 23.2 Å². The fraction of sp³-hybridized carbons (Fsp3) is 0.235. The molecule has 10 nitrogen and oxygen atoms in total. The van der Waals surface area contributed by atoms with Gasteiger partial charge in [-0.1, -0.05) is 42.5 Å². The van der Waals surface area contributed by atoms with Crippen LogP contribution in [0.1, 0.15) is 36.4 Å². The minimum atomic E-state index is -3.42. The van der Waals surface area contributed by atoms with Crippen LogP contribution in [0.15, 0.2) is 95.3 Å². The molecule has 2 aromatic heterocycles. The van der Waals surface area contributed by atoms with Gasteiger partial charge in [-0.05, 0) is 68.8 Å². The summed E-state index contributed by atoms with van der Waals surface area (Å²) in [6.45, 7) is 6.32. The van der Waals surface area contributed by atoms with Crippen molar-refractivity contribution in [2.45, 2.75) is 34.0 Å². The Kier molecular flexibility index (Phi) is 10.5. The molecule has 0 radical (unpaired) electrons. The first-order chi connectivity index (χ1) is 21.9. The van der Waals surface area contributed by atoms with E-state index in [-0.39, 0.29) is 26.4 Å². The van der Waals surface area contributed by atoms with E-state index in [1.54, 1.807) is 37.9 Å². The van der Waals surface area contributed by atoms with Crippen LogP contribution in [0, 0.1) is 6.92 Å². The highest BCUT2D eigenvalue weighted by Gasteiger charge is 2.20. The molecular formula is C34H36N3O7P. The minimum Gasteiger partial charge on any atom is -0.493 e. The molecule has 0 atom stereocenters. The van der Waals surface area contributed by atoms with E-state index in [0.717, 1.165) is 16.8 Å². The Morgan fingerprint density at radius 2 is 1.60 bits per heavy atom. The number of hydrogen-bond acceptors (Lipinski definition) is 9. The smallest absolute Gasteiger partial charge is 0.354 e. The maximum Gasteiger partial charge on any atom is 0.354 e. The standard InChI is InChI=1S/C34H36N3O7P/c1-5-42-45(38,43-6-2)20-19-28-22-37(29-15-11-8-12-16-29)36-34(28)41-23-26-17-18-31(32(21-26)39-4)40-24-30-25(3)44-33(35-30)27-13-9-7-10-14-27/h7-22H,5-6,23-24H2,1-4H3/b20-19+. The Bertz CT molecular complexity index is 1760. The van der Waals surface area contributed by atoms with E-state index >= 15 is 0 Å². The number of hydrogen-bond donors (Lipinski definition) is 0. The van der Waals surface area contributed by atoms with Gasteiger partial charge in [0.05, 0.1) is 31.6 Å². The molecular weight excluding hydrogens is 593 g/mol. The third-order valence-electron chi connectivity index (χ3n) is 6.66. The molecule has 0 saturated carbocycles. The SMILES string of the molecule is CCOP(=O)(/C=C/c1cn(-c2ccccc2)nc1OCc1ccc(OCc2nc(-c3ccccc3)oc2C)c(OC)c1)OCC. The average Bonchev–Trinajstić information content (AvgIpc) is 3.66. The molecule has 0 spiro atoms. The van der Waals surface area contributed by atoms with Crippen LogP contribution >= 0.6 is 7.60 Å². The summed E-state index contributed by atoms with van der Waals surface area (Å²) < 4.78 is 49.3. The maximum atomic E-state index is 13.1. The molecule has 45 heavy (non-hydrogen) atoms. The molecule has 11 heteroatoms. The first kappa shape index (κ1) is 31.8. The van der Waals surface area contributed by atoms with Gasteiger partial charge in [-0.3, -0.25) is 4.57 Å². The molecule has 0 aliphatic rings. The second kappa shape index (κ2) is 14.9. The molecule has 0 aliphatic heterocycles. The Labute approximate surface area is 262 Å². The number of methoxy groups -OCH3 is 1. The van der Waals surface area contributed by atoms with Crippen molar-refractivity contribution in [3.63, 3.8) is 0 Å². The topological polar surface area (TPSA) is 107 Å². The number of nitrogens with zero attached hydrogens (tertiary/aromatic N) is 3. The molecule has 0 unspecified atom stereocenters. The monoisotopic (exact) mass is 629 g/mol. The largest absolute Gasteiger partial charge is 0.493 e. The van der Waals surface area contributed by atoms with Crippen molar-refractivity contribution in [2.24, 2.45) is 0 Å². The summed E-state index contributed by atoms with van der Waals surface area (Å²) in [6.07, 6.45) is 3.45. The van der Waals surface area contributed by atoms with E-state index in [1.807, 2.05) is 85.8 Å². The van der Waals surface area contributed by atoms with E-state index in [9.17, 15) is 4.57 Å². The second-order valence-electron chi connectivity index (χ2n) is 9.81. The first-order valence-electron chi connectivity index (χ1n) is 14.6. The maximum absolute atomic E-state index is 13.1. The van der Waals surface area contributed by atoms with Gasteiger partial charge in [-0.25, -0.2) is 9.67 Å². The highest BCUT2D eigenvalue weighted by Crippen LogP contribution is 2.50. The summed E-state index contributed by atoms with van der Waals surface area (Å²) in [5, 5.41) is 4.64. The van der Waals surface area contributed by atoms with Crippen LogP contribution in [0.3, 0.4) is 0 Å². The summed E-state index contributed by atoms with van der Waals surface area (Å²) in [5.41, 5.74) is 3.90. The average molecular weight is 630 g/mol. The molecule has 5 aromatic rings. The fourth-order valence-electron chi connectivity index (χ4n) is 4.45. The predicted octanol–water partition coefficient (Wildman–Crippen LogP) is 8.24. The van der Waals surface area contributed by atoms with Gasteiger partial charge in [0.25, 0.3) is 0 Å². The van der Waals surface area contributed by atoms with Crippen LogP contribution in [0.5, 0.6) is 17.4 Å². The quantitative estimate of drug-likeness (QED) is 0.106. The lowest BCUT2D eigenvalue weighted by Crippen LogP contribution is -2.02. The van der Waals surface area contributed by atoms with Crippen LogP contribution < -0.4 is 14.2 Å². The summed E-state index contributed by atoms with van der Waals surface area (Å²) in [5.74, 6) is 4.14. The number of aryl methyl sites for hydroxylation is 1. The van der Waals surface area contributed by atoms with Crippen molar-refractivity contribution in [3.05, 3.63) is 113 Å². The van der Waals surface area contributed by atoms with Gasteiger partial charge in [0.1, 0.15) is 24.7 Å². The first-order valence-corrected chi connectivity index (χ1v) is 16.2. The zero-order chi connectivity index (χ0) is 31.6. The van der Waals surface area contributed by atoms with E-state index in [0.29, 0.717) is 40.3 Å². The van der Waals surface area contributed by atoms with Gasteiger partial charge in [0.15, 0.2) is 11.5 Å². The highest BCUT2D eigenvalue weighted by molar-refractivity contribution is 7.57. The van der Waals surface area contributed by atoms with Crippen LogP contribution in [0.2, 0.25) is 0 Å². The van der Waals surface area contributed by atoms with Gasteiger partial charge in [0, 0.05) is 17.6 Å². The molecule has 234 valence electrons. The minimum absolute atomic E-state index is 0.195. The summed E-state index contributed by atoms with van der Waals surface area (Å²) >= 11 is 0. The van der Waals surface area contributed by atoms with Crippen LogP contribution in [-0.2, 0) is 26.8 Å². The fourth-order valence-corrected chi connectivity index (χ4v) is 5.76. The van der Waals surface area contributed by atoms with E-state index in [2.05, 4.69) is 10.1 Å². The number of aromatic nitrogens is 3. The Balaban J connectivity index is 1.31. The number of rotatable bonds is 15. The van der Waals surface area contributed by atoms with Gasteiger partial charge < -0.3 is 27.7 Å². The Morgan fingerprint density at radius 3 is 2.29 bits per heavy atom. The van der Waals surface area contributed by atoms with Crippen molar-refractivity contribution < 1.29 is 32.2 Å². The van der Waals surface area contributed by atoms with E-state index < -0.39 is 7.60 Å². The van der Waals surface area contributed by atoms with E-state index in [1.165, 1.54) is 5.82 Å². The second-order valence-corrected chi connectivity index (χ2v) is 11.7. The number of para-hydroxylation sites is 1.